The maximum atomic E-state index is 13.1. The smallest absolute Gasteiger partial charge is 0.297 e. The number of benzene rings is 1. The van der Waals surface area contributed by atoms with Crippen LogP contribution in [0.2, 0.25) is 0 Å². The highest BCUT2D eigenvalue weighted by Crippen LogP contribution is 2.18. The standard InChI is InChI=1S/C23H23FN6O2/c24-19-3-1-17(2-4-19)15-27-9-11-28(12-10-27)16-18-5-8-30-20(13-18)21(14-25-30)29-7-6-22(31)26-23(29)32/h1-8,13-14H,9-12,15-16H2,(H,26,31,32). The molecule has 0 saturated carbocycles. The third-order valence-corrected chi connectivity index (χ3v) is 5.84. The average molecular weight is 434 g/mol. The van der Waals surface area contributed by atoms with Crippen LogP contribution in [0.15, 0.2) is 70.6 Å². The fourth-order valence-electron chi connectivity index (χ4n) is 4.11. The van der Waals surface area contributed by atoms with E-state index in [0.717, 1.165) is 55.9 Å². The number of rotatable bonds is 5. The van der Waals surface area contributed by atoms with Crippen molar-refractivity contribution in [2.45, 2.75) is 13.1 Å². The highest BCUT2D eigenvalue weighted by Gasteiger charge is 2.18. The zero-order valence-electron chi connectivity index (χ0n) is 17.4. The molecule has 0 spiro atoms. The fraction of sp³-hybridized carbons (Fsp3) is 0.261. The van der Waals surface area contributed by atoms with Crippen molar-refractivity contribution in [1.82, 2.24) is 29.0 Å². The Balaban J connectivity index is 1.27. The number of pyridine rings is 1. The molecule has 4 aromatic rings. The quantitative estimate of drug-likeness (QED) is 0.517. The summed E-state index contributed by atoms with van der Waals surface area (Å²) in [5, 5.41) is 4.32. The molecule has 1 aliphatic heterocycles. The molecule has 0 amide bonds. The van der Waals surface area contributed by atoms with Crippen LogP contribution in [0.25, 0.3) is 11.2 Å². The van der Waals surface area contributed by atoms with Crippen molar-refractivity contribution in [3.8, 4) is 5.69 Å². The Morgan fingerprint density at radius 3 is 2.25 bits per heavy atom. The molecule has 9 heteroatoms. The first kappa shape index (κ1) is 20.3. The second kappa shape index (κ2) is 8.52. The maximum absolute atomic E-state index is 13.1. The Labute approximate surface area is 183 Å². The van der Waals surface area contributed by atoms with Crippen molar-refractivity contribution in [1.29, 1.82) is 0 Å². The molecule has 164 valence electrons. The zero-order chi connectivity index (χ0) is 22.1. The summed E-state index contributed by atoms with van der Waals surface area (Å²) in [6, 6.07) is 12.1. The largest absolute Gasteiger partial charge is 0.333 e. The number of piperazine rings is 1. The van der Waals surface area contributed by atoms with Crippen LogP contribution in [0.1, 0.15) is 11.1 Å². The Morgan fingerprint density at radius 2 is 1.56 bits per heavy atom. The first-order chi connectivity index (χ1) is 15.5. The summed E-state index contributed by atoms with van der Waals surface area (Å²) in [5.41, 5.74) is 2.75. The second-order valence-electron chi connectivity index (χ2n) is 8.05. The lowest BCUT2D eigenvalue weighted by Gasteiger charge is -2.34. The Morgan fingerprint density at radius 1 is 0.875 bits per heavy atom. The number of H-pyrrole nitrogens is 1. The number of nitrogens with one attached hydrogen (secondary N) is 1. The van der Waals surface area contributed by atoms with E-state index in [1.165, 1.54) is 29.0 Å². The van der Waals surface area contributed by atoms with Crippen LogP contribution < -0.4 is 11.2 Å². The maximum Gasteiger partial charge on any atom is 0.333 e. The van der Waals surface area contributed by atoms with Gasteiger partial charge in [0.05, 0.1) is 17.4 Å². The lowest BCUT2D eigenvalue weighted by Crippen LogP contribution is -2.45. The monoisotopic (exact) mass is 434 g/mol. The van der Waals surface area contributed by atoms with E-state index in [9.17, 15) is 14.0 Å². The summed E-state index contributed by atoms with van der Waals surface area (Å²) < 4.78 is 16.2. The Hall–Kier alpha value is -3.56. The summed E-state index contributed by atoms with van der Waals surface area (Å²) in [6.07, 6.45) is 4.97. The van der Waals surface area contributed by atoms with Gasteiger partial charge in [0.2, 0.25) is 0 Å². The number of aromatic amines is 1. The first-order valence-corrected chi connectivity index (χ1v) is 10.5. The molecule has 0 unspecified atom stereocenters. The third-order valence-electron chi connectivity index (χ3n) is 5.84. The molecule has 0 bridgehead atoms. The lowest BCUT2D eigenvalue weighted by molar-refractivity contribution is 0.122. The van der Waals surface area contributed by atoms with E-state index in [-0.39, 0.29) is 5.82 Å². The van der Waals surface area contributed by atoms with Gasteiger partial charge in [0.15, 0.2) is 0 Å². The minimum atomic E-state index is -0.491. The van der Waals surface area contributed by atoms with Crippen molar-refractivity contribution >= 4 is 5.52 Å². The predicted molar refractivity (Wildman–Crippen MR) is 118 cm³/mol. The number of nitrogens with zero attached hydrogens (tertiary/aromatic N) is 5. The van der Waals surface area contributed by atoms with Crippen LogP contribution in [0.5, 0.6) is 0 Å². The van der Waals surface area contributed by atoms with Crippen LogP contribution in [-0.2, 0) is 13.1 Å². The van der Waals surface area contributed by atoms with Gasteiger partial charge in [-0.05, 0) is 35.4 Å². The fourth-order valence-corrected chi connectivity index (χ4v) is 4.11. The highest BCUT2D eigenvalue weighted by atomic mass is 19.1. The number of hydrogen-bond acceptors (Lipinski definition) is 5. The van der Waals surface area contributed by atoms with Gasteiger partial charge >= 0.3 is 5.69 Å². The molecule has 0 aliphatic carbocycles. The van der Waals surface area contributed by atoms with Gasteiger partial charge in [-0.1, -0.05) is 12.1 Å². The van der Waals surface area contributed by atoms with Crippen LogP contribution >= 0.6 is 0 Å². The number of fused-ring (bicyclic) bond motifs is 1. The molecule has 1 aliphatic rings. The summed E-state index contributed by atoms with van der Waals surface area (Å²) in [7, 11) is 0. The third kappa shape index (κ3) is 4.25. The molecule has 4 heterocycles. The summed E-state index contributed by atoms with van der Waals surface area (Å²) >= 11 is 0. The second-order valence-corrected chi connectivity index (χ2v) is 8.05. The zero-order valence-corrected chi connectivity index (χ0v) is 17.4. The SMILES string of the molecule is O=c1ccn(-c2cnn3ccc(CN4CCN(Cc5ccc(F)cc5)CC4)cc23)c(=O)[nH]1. The highest BCUT2D eigenvalue weighted by molar-refractivity contribution is 5.64. The van der Waals surface area contributed by atoms with E-state index in [1.807, 2.05) is 30.5 Å². The van der Waals surface area contributed by atoms with E-state index in [4.69, 9.17) is 0 Å². The topological polar surface area (TPSA) is 78.6 Å². The van der Waals surface area contributed by atoms with Crippen LogP contribution in [0, 0.1) is 5.82 Å². The molecule has 5 rings (SSSR count). The Bertz CT molecular complexity index is 1350. The summed E-state index contributed by atoms with van der Waals surface area (Å²) in [4.78, 5) is 30.6. The minimum absolute atomic E-state index is 0.206. The number of halogens is 1. The van der Waals surface area contributed by atoms with Gasteiger partial charge in [0.25, 0.3) is 5.56 Å². The molecule has 1 N–H and O–H groups in total. The van der Waals surface area contributed by atoms with E-state index in [1.54, 1.807) is 10.7 Å². The van der Waals surface area contributed by atoms with Crippen LogP contribution in [0.4, 0.5) is 4.39 Å². The summed E-state index contributed by atoms with van der Waals surface area (Å²) in [5.74, 6) is -0.206. The van der Waals surface area contributed by atoms with Gasteiger partial charge in [0.1, 0.15) is 5.82 Å². The van der Waals surface area contributed by atoms with Crippen molar-refractivity contribution in [3.63, 3.8) is 0 Å². The van der Waals surface area contributed by atoms with Crippen molar-refractivity contribution in [3.05, 3.63) is 98.8 Å². The van der Waals surface area contributed by atoms with Crippen LogP contribution in [-0.4, -0.2) is 55.1 Å². The van der Waals surface area contributed by atoms with Gasteiger partial charge in [0, 0.05) is 57.7 Å². The molecule has 0 atom stereocenters. The van der Waals surface area contributed by atoms with Gasteiger partial charge in [-0.2, -0.15) is 5.10 Å². The molecule has 1 fully saturated rings. The number of aromatic nitrogens is 4. The van der Waals surface area contributed by atoms with Gasteiger partial charge in [-0.15, -0.1) is 0 Å². The van der Waals surface area contributed by atoms with Crippen LogP contribution in [0.3, 0.4) is 0 Å². The lowest BCUT2D eigenvalue weighted by atomic mass is 10.1. The normalized spacial score (nSPS) is 15.4. The van der Waals surface area contributed by atoms with Gasteiger partial charge < -0.3 is 0 Å². The van der Waals surface area contributed by atoms with Crippen molar-refractivity contribution in [2.24, 2.45) is 0 Å². The minimum Gasteiger partial charge on any atom is -0.297 e. The molecule has 3 aromatic heterocycles. The van der Waals surface area contributed by atoms with Gasteiger partial charge in [-0.25, -0.2) is 13.7 Å². The molecular formula is C23H23FN6O2. The van der Waals surface area contributed by atoms with E-state index < -0.39 is 11.2 Å². The first-order valence-electron chi connectivity index (χ1n) is 10.5. The predicted octanol–water partition coefficient (Wildman–Crippen LogP) is 1.63. The molecule has 0 radical (unpaired) electrons. The van der Waals surface area contributed by atoms with Crippen molar-refractivity contribution < 1.29 is 4.39 Å². The number of hydrogen-bond donors (Lipinski definition) is 1. The molecule has 1 aromatic carbocycles. The Kier molecular flexibility index (Phi) is 5.42. The van der Waals surface area contributed by atoms with Crippen molar-refractivity contribution in [2.75, 3.05) is 26.2 Å². The van der Waals surface area contributed by atoms with Gasteiger partial charge in [-0.3, -0.25) is 24.1 Å². The van der Waals surface area contributed by atoms with E-state index in [0.29, 0.717) is 5.69 Å². The molecule has 32 heavy (non-hydrogen) atoms. The molecule has 8 nitrogen and oxygen atoms in total. The molecular weight excluding hydrogens is 411 g/mol. The molecule has 1 saturated heterocycles. The van der Waals surface area contributed by atoms with E-state index in [2.05, 4.69) is 19.9 Å². The summed E-state index contributed by atoms with van der Waals surface area (Å²) in [6.45, 7) is 5.41. The average Bonchev–Trinajstić information content (AvgIpc) is 3.20. The van der Waals surface area contributed by atoms with E-state index >= 15 is 0 Å².